The lowest BCUT2D eigenvalue weighted by Crippen LogP contribution is -1.95. The van der Waals surface area contributed by atoms with Gasteiger partial charge in [-0.2, -0.15) is 0 Å². The van der Waals surface area contributed by atoms with E-state index in [1.54, 1.807) is 12.1 Å². The van der Waals surface area contributed by atoms with E-state index in [-0.39, 0.29) is 17.4 Å². The number of nitrogen functional groups attached to an aromatic ring is 1. The van der Waals surface area contributed by atoms with Gasteiger partial charge in [0.15, 0.2) is 11.6 Å². The Kier molecular flexibility index (Phi) is 2.45. The minimum atomic E-state index is -0.448. The van der Waals surface area contributed by atoms with Crippen molar-refractivity contribution in [1.29, 1.82) is 0 Å². The van der Waals surface area contributed by atoms with Crippen LogP contribution in [0.25, 0.3) is 0 Å². The standard InChI is InChI=1S/C10H8FN3O/c11-7-3-1-2-4-8(7)15-10-6-5-9(12)13-14-10/h1-6H,(H2,12,13). The molecule has 0 bridgehead atoms. The Bertz CT molecular complexity index is 458. The smallest absolute Gasteiger partial charge is 0.239 e. The van der Waals surface area contributed by atoms with Gasteiger partial charge in [-0.1, -0.05) is 12.1 Å². The van der Waals surface area contributed by atoms with Crippen molar-refractivity contribution in [3.63, 3.8) is 0 Å². The molecule has 0 fully saturated rings. The van der Waals surface area contributed by atoms with Gasteiger partial charge in [0.05, 0.1) is 0 Å². The van der Waals surface area contributed by atoms with Gasteiger partial charge < -0.3 is 10.5 Å². The molecule has 0 spiro atoms. The van der Waals surface area contributed by atoms with Crippen molar-refractivity contribution in [2.45, 2.75) is 0 Å². The highest BCUT2D eigenvalue weighted by molar-refractivity contribution is 5.31. The molecule has 1 aromatic heterocycles. The summed E-state index contributed by atoms with van der Waals surface area (Å²) in [6.45, 7) is 0. The summed E-state index contributed by atoms with van der Waals surface area (Å²) < 4.78 is 18.3. The third-order valence-electron chi connectivity index (χ3n) is 1.71. The Hall–Kier alpha value is -2.17. The fraction of sp³-hybridized carbons (Fsp3) is 0. The van der Waals surface area contributed by atoms with E-state index >= 15 is 0 Å². The van der Waals surface area contributed by atoms with Crippen molar-refractivity contribution in [2.75, 3.05) is 5.73 Å². The molecule has 1 heterocycles. The molecule has 2 aromatic rings. The SMILES string of the molecule is Nc1ccc(Oc2ccccc2F)nn1. The average Bonchev–Trinajstić information content (AvgIpc) is 2.25. The van der Waals surface area contributed by atoms with Gasteiger partial charge in [-0.15, -0.1) is 10.2 Å². The predicted molar refractivity (Wildman–Crippen MR) is 52.9 cm³/mol. The normalized spacial score (nSPS) is 9.93. The van der Waals surface area contributed by atoms with E-state index in [0.717, 1.165) is 0 Å². The maximum atomic E-state index is 13.2. The monoisotopic (exact) mass is 205 g/mol. The number of rotatable bonds is 2. The summed E-state index contributed by atoms with van der Waals surface area (Å²) in [5, 5.41) is 7.24. The van der Waals surface area contributed by atoms with Crippen molar-refractivity contribution in [3.05, 3.63) is 42.2 Å². The molecular weight excluding hydrogens is 197 g/mol. The van der Waals surface area contributed by atoms with Gasteiger partial charge in [0.1, 0.15) is 5.82 Å². The van der Waals surface area contributed by atoms with Gasteiger partial charge in [0.25, 0.3) is 0 Å². The lowest BCUT2D eigenvalue weighted by atomic mass is 10.3. The highest BCUT2D eigenvalue weighted by Gasteiger charge is 2.03. The number of anilines is 1. The van der Waals surface area contributed by atoms with Crippen LogP contribution in [0.15, 0.2) is 36.4 Å². The average molecular weight is 205 g/mol. The first-order chi connectivity index (χ1) is 7.25. The van der Waals surface area contributed by atoms with Crippen LogP contribution in [0, 0.1) is 5.82 Å². The molecule has 2 rings (SSSR count). The molecule has 2 N–H and O–H groups in total. The molecule has 0 aliphatic carbocycles. The molecule has 0 amide bonds. The van der Waals surface area contributed by atoms with Crippen LogP contribution < -0.4 is 10.5 Å². The molecule has 0 saturated carbocycles. The fourth-order valence-electron chi connectivity index (χ4n) is 1.02. The van der Waals surface area contributed by atoms with Gasteiger partial charge >= 0.3 is 0 Å². The number of nitrogens with zero attached hydrogens (tertiary/aromatic N) is 2. The molecule has 15 heavy (non-hydrogen) atoms. The van der Waals surface area contributed by atoms with Gasteiger partial charge in [0, 0.05) is 6.07 Å². The molecule has 76 valence electrons. The van der Waals surface area contributed by atoms with Crippen LogP contribution in [0.2, 0.25) is 0 Å². The van der Waals surface area contributed by atoms with E-state index in [1.165, 1.54) is 24.3 Å². The number of nitrogens with two attached hydrogens (primary N) is 1. The van der Waals surface area contributed by atoms with E-state index < -0.39 is 5.82 Å². The number of halogens is 1. The second-order valence-corrected chi connectivity index (χ2v) is 2.83. The van der Waals surface area contributed by atoms with E-state index in [4.69, 9.17) is 10.5 Å². The minimum Gasteiger partial charge on any atom is -0.434 e. The number of hydrogen-bond acceptors (Lipinski definition) is 4. The summed E-state index contributed by atoms with van der Waals surface area (Å²) in [6, 6.07) is 9.12. The third-order valence-corrected chi connectivity index (χ3v) is 1.71. The summed E-state index contributed by atoms with van der Waals surface area (Å²) in [5.74, 6) is 0.151. The maximum absolute atomic E-state index is 13.2. The van der Waals surface area contributed by atoms with Crippen LogP contribution in [0.1, 0.15) is 0 Å². The van der Waals surface area contributed by atoms with Gasteiger partial charge in [-0.05, 0) is 18.2 Å². The van der Waals surface area contributed by atoms with Crippen molar-refractivity contribution in [2.24, 2.45) is 0 Å². The summed E-state index contributed by atoms with van der Waals surface area (Å²) in [5.41, 5.74) is 5.35. The fourth-order valence-corrected chi connectivity index (χ4v) is 1.02. The quantitative estimate of drug-likeness (QED) is 0.814. The molecule has 1 aromatic carbocycles. The molecule has 0 aliphatic heterocycles. The van der Waals surface area contributed by atoms with Gasteiger partial charge in [-0.3, -0.25) is 0 Å². The maximum Gasteiger partial charge on any atom is 0.239 e. The number of aromatic nitrogens is 2. The van der Waals surface area contributed by atoms with E-state index in [2.05, 4.69) is 10.2 Å². The number of hydrogen-bond donors (Lipinski definition) is 1. The van der Waals surface area contributed by atoms with Crippen molar-refractivity contribution < 1.29 is 9.13 Å². The topological polar surface area (TPSA) is 61.0 Å². The van der Waals surface area contributed by atoms with E-state index in [9.17, 15) is 4.39 Å². The summed E-state index contributed by atoms with van der Waals surface area (Å²) in [7, 11) is 0. The number of ether oxygens (including phenoxy) is 1. The first-order valence-electron chi connectivity index (χ1n) is 4.27. The summed E-state index contributed by atoms with van der Waals surface area (Å²) >= 11 is 0. The van der Waals surface area contributed by atoms with Crippen LogP contribution in [0.3, 0.4) is 0 Å². The zero-order valence-corrected chi connectivity index (χ0v) is 7.72. The molecular formula is C10H8FN3O. The van der Waals surface area contributed by atoms with Crippen LogP contribution in [0.5, 0.6) is 11.6 Å². The number of benzene rings is 1. The van der Waals surface area contributed by atoms with E-state index in [0.29, 0.717) is 0 Å². The molecule has 5 heteroatoms. The van der Waals surface area contributed by atoms with Crippen molar-refractivity contribution in [3.8, 4) is 11.6 Å². The van der Waals surface area contributed by atoms with Crippen molar-refractivity contribution >= 4 is 5.82 Å². The van der Waals surface area contributed by atoms with Crippen LogP contribution in [-0.4, -0.2) is 10.2 Å². The van der Waals surface area contributed by atoms with Gasteiger partial charge in [-0.25, -0.2) is 4.39 Å². The Morgan fingerprint density at radius 3 is 2.53 bits per heavy atom. The first kappa shape index (κ1) is 9.39. The van der Waals surface area contributed by atoms with Crippen LogP contribution in [0.4, 0.5) is 10.2 Å². The Morgan fingerprint density at radius 2 is 1.87 bits per heavy atom. The van der Waals surface area contributed by atoms with Crippen LogP contribution in [-0.2, 0) is 0 Å². The van der Waals surface area contributed by atoms with Crippen molar-refractivity contribution in [1.82, 2.24) is 10.2 Å². The minimum absolute atomic E-state index is 0.108. The summed E-state index contributed by atoms with van der Waals surface area (Å²) in [4.78, 5) is 0. The molecule has 0 atom stereocenters. The second kappa shape index (κ2) is 3.91. The van der Waals surface area contributed by atoms with Gasteiger partial charge in [0.2, 0.25) is 5.88 Å². The third kappa shape index (κ3) is 2.19. The first-order valence-corrected chi connectivity index (χ1v) is 4.27. The number of para-hydroxylation sites is 1. The zero-order chi connectivity index (χ0) is 10.7. The largest absolute Gasteiger partial charge is 0.434 e. The Morgan fingerprint density at radius 1 is 1.07 bits per heavy atom. The molecule has 0 saturated heterocycles. The van der Waals surface area contributed by atoms with E-state index in [1.807, 2.05) is 0 Å². The Balaban J connectivity index is 2.22. The molecule has 0 unspecified atom stereocenters. The second-order valence-electron chi connectivity index (χ2n) is 2.83. The highest BCUT2D eigenvalue weighted by Crippen LogP contribution is 2.21. The van der Waals surface area contributed by atoms with Crippen LogP contribution >= 0.6 is 0 Å². The molecule has 4 nitrogen and oxygen atoms in total. The zero-order valence-electron chi connectivity index (χ0n) is 7.72. The predicted octanol–water partition coefficient (Wildman–Crippen LogP) is 1.99. The Labute approximate surface area is 85.5 Å². The molecule has 0 radical (unpaired) electrons. The molecule has 0 aliphatic rings. The lowest BCUT2D eigenvalue weighted by molar-refractivity contribution is 0.422. The summed E-state index contributed by atoms with van der Waals surface area (Å²) in [6.07, 6.45) is 0. The highest BCUT2D eigenvalue weighted by atomic mass is 19.1. The lowest BCUT2D eigenvalue weighted by Gasteiger charge is -2.04.